The lowest BCUT2D eigenvalue weighted by Gasteiger charge is -2.29. The zero-order valence-electron chi connectivity index (χ0n) is 17.7. The first kappa shape index (κ1) is 20.0. The van der Waals surface area contributed by atoms with Gasteiger partial charge in [0.05, 0.1) is 11.2 Å². The van der Waals surface area contributed by atoms with Crippen LogP contribution in [0.25, 0.3) is 21.7 Å². The van der Waals surface area contributed by atoms with Crippen LogP contribution in [0.3, 0.4) is 0 Å². The summed E-state index contributed by atoms with van der Waals surface area (Å²) in [7, 11) is 0. The molecule has 0 saturated heterocycles. The Morgan fingerprint density at radius 1 is 0.839 bits per heavy atom. The SMILES string of the molecule is NOC(c1ccc2cc(OCc3ccc4ccccc4n3)ccc2c1)C1CCCCC1. The molecule has 1 saturated carbocycles. The molecule has 5 rings (SSSR count). The van der Waals surface area contributed by atoms with Crippen LogP contribution in [0.2, 0.25) is 0 Å². The highest BCUT2D eigenvalue weighted by Gasteiger charge is 2.25. The Balaban J connectivity index is 1.32. The fourth-order valence-corrected chi connectivity index (χ4v) is 4.75. The molecule has 0 radical (unpaired) electrons. The first-order valence-corrected chi connectivity index (χ1v) is 11.2. The fourth-order valence-electron chi connectivity index (χ4n) is 4.75. The molecule has 4 nitrogen and oxygen atoms in total. The maximum Gasteiger partial charge on any atom is 0.130 e. The summed E-state index contributed by atoms with van der Waals surface area (Å²) in [6.45, 7) is 0.444. The number of hydrogen-bond acceptors (Lipinski definition) is 4. The van der Waals surface area contributed by atoms with E-state index in [1.165, 1.54) is 37.5 Å². The van der Waals surface area contributed by atoms with Crippen LogP contribution in [-0.4, -0.2) is 4.98 Å². The van der Waals surface area contributed by atoms with E-state index in [4.69, 9.17) is 15.5 Å². The van der Waals surface area contributed by atoms with Gasteiger partial charge in [-0.05, 0) is 65.4 Å². The highest BCUT2D eigenvalue weighted by Crippen LogP contribution is 2.37. The predicted molar refractivity (Wildman–Crippen MR) is 125 cm³/mol. The topological polar surface area (TPSA) is 57.4 Å². The van der Waals surface area contributed by atoms with Crippen molar-refractivity contribution in [3.63, 3.8) is 0 Å². The van der Waals surface area contributed by atoms with E-state index in [0.29, 0.717) is 12.5 Å². The van der Waals surface area contributed by atoms with Crippen molar-refractivity contribution in [2.45, 2.75) is 44.8 Å². The number of nitrogens with two attached hydrogens (primary N) is 1. The fraction of sp³-hybridized carbons (Fsp3) is 0.296. The number of para-hydroxylation sites is 1. The summed E-state index contributed by atoms with van der Waals surface area (Å²) < 4.78 is 6.04. The molecule has 1 heterocycles. The summed E-state index contributed by atoms with van der Waals surface area (Å²) in [6.07, 6.45) is 6.21. The van der Waals surface area contributed by atoms with Gasteiger partial charge in [-0.1, -0.05) is 61.7 Å². The number of pyridine rings is 1. The third kappa shape index (κ3) is 4.41. The van der Waals surface area contributed by atoms with Gasteiger partial charge in [0.2, 0.25) is 0 Å². The van der Waals surface area contributed by atoms with Gasteiger partial charge in [-0.25, -0.2) is 10.9 Å². The lowest BCUT2D eigenvalue weighted by molar-refractivity contribution is -0.00267. The number of aromatic nitrogens is 1. The molecule has 1 aromatic heterocycles. The molecule has 1 fully saturated rings. The second-order valence-corrected chi connectivity index (χ2v) is 8.51. The van der Waals surface area contributed by atoms with E-state index in [9.17, 15) is 0 Å². The number of ether oxygens (including phenoxy) is 1. The standard InChI is InChI=1S/C27H28N2O2/c28-31-27(20-7-2-1-3-8-20)23-11-10-22-17-25(15-13-21(22)16-23)30-18-24-14-12-19-6-4-5-9-26(19)29-24/h4-6,9-17,20,27H,1-3,7-8,18,28H2. The van der Waals surface area contributed by atoms with E-state index in [1.54, 1.807) is 0 Å². The minimum absolute atomic E-state index is 0.0281. The van der Waals surface area contributed by atoms with Crippen LogP contribution < -0.4 is 10.6 Å². The van der Waals surface area contributed by atoms with E-state index < -0.39 is 0 Å². The van der Waals surface area contributed by atoms with E-state index in [0.717, 1.165) is 33.3 Å². The van der Waals surface area contributed by atoms with Gasteiger partial charge in [0.25, 0.3) is 0 Å². The van der Waals surface area contributed by atoms with Crippen molar-refractivity contribution in [1.29, 1.82) is 0 Å². The van der Waals surface area contributed by atoms with Crippen molar-refractivity contribution in [1.82, 2.24) is 4.98 Å². The lowest BCUT2D eigenvalue weighted by atomic mass is 9.82. The Morgan fingerprint density at radius 3 is 2.48 bits per heavy atom. The number of hydrogen-bond donors (Lipinski definition) is 1. The van der Waals surface area contributed by atoms with Crippen LogP contribution in [0.4, 0.5) is 0 Å². The molecule has 3 aromatic carbocycles. The normalized spacial score (nSPS) is 15.9. The Morgan fingerprint density at radius 2 is 1.61 bits per heavy atom. The van der Waals surface area contributed by atoms with Crippen molar-refractivity contribution in [3.8, 4) is 5.75 Å². The Kier molecular flexibility index (Phi) is 5.83. The van der Waals surface area contributed by atoms with Crippen LogP contribution in [0, 0.1) is 5.92 Å². The first-order valence-electron chi connectivity index (χ1n) is 11.2. The molecule has 4 aromatic rings. The summed E-state index contributed by atoms with van der Waals surface area (Å²) in [5.41, 5.74) is 3.07. The van der Waals surface area contributed by atoms with Gasteiger partial charge in [-0.15, -0.1) is 0 Å². The maximum atomic E-state index is 6.04. The second kappa shape index (κ2) is 9.04. The third-order valence-electron chi connectivity index (χ3n) is 6.43. The first-order chi connectivity index (χ1) is 15.3. The second-order valence-electron chi connectivity index (χ2n) is 8.51. The number of fused-ring (bicyclic) bond motifs is 2. The van der Waals surface area contributed by atoms with E-state index in [2.05, 4.69) is 47.4 Å². The highest BCUT2D eigenvalue weighted by molar-refractivity contribution is 5.84. The zero-order chi connectivity index (χ0) is 21.0. The van der Waals surface area contributed by atoms with Crippen molar-refractivity contribution < 1.29 is 9.57 Å². The summed E-state index contributed by atoms with van der Waals surface area (Å²) in [5, 5.41) is 3.46. The van der Waals surface area contributed by atoms with E-state index in [-0.39, 0.29) is 6.10 Å². The smallest absolute Gasteiger partial charge is 0.130 e. The van der Waals surface area contributed by atoms with Crippen molar-refractivity contribution >= 4 is 21.7 Å². The quantitative estimate of drug-likeness (QED) is 0.368. The van der Waals surface area contributed by atoms with Crippen molar-refractivity contribution in [2.75, 3.05) is 0 Å². The third-order valence-corrected chi connectivity index (χ3v) is 6.43. The molecule has 31 heavy (non-hydrogen) atoms. The molecule has 1 atom stereocenters. The summed E-state index contributed by atoms with van der Waals surface area (Å²) in [6, 6.07) is 24.9. The average Bonchev–Trinajstić information content (AvgIpc) is 2.83. The predicted octanol–water partition coefficient (Wildman–Crippen LogP) is 6.48. The van der Waals surface area contributed by atoms with E-state index >= 15 is 0 Å². The van der Waals surface area contributed by atoms with Gasteiger partial charge in [-0.3, -0.25) is 4.84 Å². The molecular weight excluding hydrogens is 384 g/mol. The molecule has 0 aliphatic heterocycles. The molecule has 158 valence electrons. The Labute approximate surface area is 183 Å². The monoisotopic (exact) mass is 412 g/mol. The number of rotatable bonds is 6. The molecule has 1 unspecified atom stereocenters. The van der Waals surface area contributed by atoms with Gasteiger partial charge in [0.1, 0.15) is 18.5 Å². The van der Waals surface area contributed by atoms with Gasteiger partial charge < -0.3 is 4.74 Å². The van der Waals surface area contributed by atoms with Gasteiger partial charge in [0, 0.05) is 5.39 Å². The van der Waals surface area contributed by atoms with Crippen LogP contribution in [0.5, 0.6) is 5.75 Å². The molecule has 2 N–H and O–H groups in total. The molecule has 0 amide bonds. The van der Waals surface area contributed by atoms with Crippen LogP contribution in [0.1, 0.15) is 49.5 Å². The number of benzene rings is 3. The number of nitrogens with zero attached hydrogens (tertiary/aromatic N) is 1. The average molecular weight is 413 g/mol. The van der Waals surface area contributed by atoms with Gasteiger partial charge in [0.15, 0.2) is 0 Å². The minimum Gasteiger partial charge on any atom is -0.487 e. The van der Waals surface area contributed by atoms with Crippen molar-refractivity contribution in [2.24, 2.45) is 11.8 Å². The Bertz CT molecular complexity index is 1180. The zero-order valence-corrected chi connectivity index (χ0v) is 17.7. The molecule has 0 spiro atoms. The summed E-state index contributed by atoms with van der Waals surface area (Å²) in [5.74, 6) is 7.06. The van der Waals surface area contributed by atoms with Crippen LogP contribution in [0.15, 0.2) is 72.8 Å². The highest BCUT2D eigenvalue weighted by atomic mass is 16.6. The molecule has 4 heteroatoms. The van der Waals surface area contributed by atoms with Crippen LogP contribution >= 0.6 is 0 Å². The largest absolute Gasteiger partial charge is 0.487 e. The lowest BCUT2D eigenvalue weighted by Crippen LogP contribution is -2.21. The van der Waals surface area contributed by atoms with E-state index in [1.807, 2.05) is 30.3 Å². The minimum atomic E-state index is -0.0281. The maximum absolute atomic E-state index is 6.04. The molecule has 0 bridgehead atoms. The van der Waals surface area contributed by atoms with Gasteiger partial charge in [-0.2, -0.15) is 0 Å². The van der Waals surface area contributed by atoms with Crippen molar-refractivity contribution in [3.05, 3.63) is 84.1 Å². The Hall–Kier alpha value is -2.95. The van der Waals surface area contributed by atoms with Crippen LogP contribution in [-0.2, 0) is 11.4 Å². The molecule has 1 aliphatic carbocycles. The van der Waals surface area contributed by atoms with Gasteiger partial charge >= 0.3 is 0 Å². The molecular formula is C27H28N2O2. The summed E-state index contributed by atoms with van der Waals surface area (Å²) >= 11 is 0. The summed E-state index contributed by atoms with van der Waals surface area (Å²) in [4.78, 5) is 10.1. The molecule has 1 aliphatic rings.